The van der Waals surface area contributed by atoms with E-state index in [9.17, 15) is 4.20 Å². The Morgan fingerprint density at radius 3 is 1.62 bits per heavy atom. The van der Waals surface area contributed by atoms with E-state index in [0.29, 0.717) is 0 Å². The molecule has 3 aromatic rings. The monoisotopic (exact) mass is 510 g/mol. The molecule has 4 rings (SSSR count). The summed E-state index contributed by atoms with van der Waals surface area (Å²) < 4.78 is 19.4. The molecule has 168 valence electrons. The van der Waals surface area contributed by atoms with Crippen LogP contribution in [0.25, 0.3) is 0 Å². The SMILES string of the molecule is CC1=C(CP(O[Br+][O-])(c2ccccc2)(c2ccccc2)c2ccccc2)C(C)(C)CCC1. The quantitative estimate of drug-likeness (QED) is 0.321. The van der Waals surface area contributed by atoms with Gasteiger partial charge in [0.25, 0.3) is 0 Å². The van der Waals surface area contributed by atoms with Crippen LogP contribution < -0.4 is 20.1 Å². The Kier molecular flexibility index (Phi) is 6.75. The van der Waals surface area contributed by atoms with Gasteiger partial charge in [-0.3, -0.25) is 0 Å². The van der Waals surface area contributed by atoms with E-state index in [1.165, 1.54) is 17.6 Å². The molecular weight excluding hydrogens is 479 g/mol. The summed E-state index contributed by atoms with van der Waals surface area (Å²) in [6, 6.07) is 31.6. The van der Waals surface area contributed by atoms with Gasteiger partial charge in [0.1, 0.15) is 0 Å². The van der Waals surface area contributed by atoms with Crippen molar-refractivity contribution in [3.05, 3.63) is 102 Å². The molecule has 1 aliphatic rings. The third kappa shape index (κ3) is 3.80. The van der Waals surface area contributed by atoms with Gasteiger partial charge in [0, 0.05) is 0 Å². The third-order valence-electron chi connectivity index (χ3n) is 7.23. The fourth-order valence-corrected chi connectivity index (χ4v) is 13.6. The molecule has 0 unspecified atom stereocenters. The maximum absolute atomic E-state index is 12.6. The zero-order valence-corrected chi connectivity index (χ0v) is 21.6. The first kappa shape index (κ1) is 23.4. The second kappa shape index (κ2) is 9.23. The van der Waals surface area contributed by atoms with Crippen molar-refractivity contribution in [2.45, 2.75) is 40.0 Å². The molecule has 0 spiro atoms. The molecule has 2 nitrogen and oxygen atoms in total. The molecule has 3 aromatic carbocycles. The van der Waals surface area contributed by atoms with Crippen LogP contribution in [0.15, 0.2) is 102 Å². The van der Waals surface area contributed by atoms with Gasteiger partial charge in [0.15, 0.2) is 0 Å². The average molecular weight is 511 g/mol. The summed E-state index contributed by atoms with van der Waals surface area (Å²) in [7, 11) is 0. The van der Waals surface area contributed by atoms with Crippen LogP contribution in [0, 0.1) is 21.0 Å². The van der Waals surface area contributed by atoms with E-state index >= 15 is 0 Å². The predicted molar refractivity (Wildman–Crippen MR) is 131 cm³/mol. The number of hydrogen-bond donors (Lipinski definition) is 0. The Morgan fingerprint density at radius 2 is 1.25 bits per heavy atom. The van der Waals surface area contributed by atoms with Crippen LogP contribution in [0.5, 0.6) is 0 Å². The van der Waals surface area contributed by atoms with Gasteiger partial charge in [-0.25, -0.2) is 0 Å². The topological polar surface area (TPSA) is 32.3 Å². The van der Waals surface area contributed by atoms with E-state index in [4.69, 9.17) is 3.62 Å². The van der Waals surface area contributed by atoms with Gasteiger partial charge < -0.3 is 0 Å². The number of halogens is 1. The Labute approximate surface area is 199 Å². The zero-order valence-electron chi connectivity index (χ0n) is 19.1. The van der Waals surface area contributed by atoms with Gasteiger partial charge in [0.2, 0.25) is 0 Å². The van der Waals surface area contributed by atoms with Gasteiger partial charge in [-0.1, -0.05) is 0 Å². The Morgan fingerprint density at radius 1 is 0.812 bits per heavy atom. The molecule has 0 saturated carbocycles. The summed E-state index contributed by atoms with van der Waals surface area (Å²) >= 11 is -0.898. The molecule has 0 radical (unpaired) electrons. The average Bonchev–Trinajstić information content (AvgIpc) is 2.83. The Hall–Kier alpha value is -1.77. The molecule has 0 aromatic heterocycles. The minimum atomic E-state index is -3.57. The van der Waals surface area contributed by atoms with Gasteiger partial charge in [-0.05, 0) is 0 Å². The number of benzene rings is 3. The predicted octanol–water partition coefficient (Wildman–Crippen LogP) is 5.25. The first-order chi connectivity index (χ1) is 15.4. The fourth-order valence-electron chi connectivity index (χ4n) is 5.48. The Balaban J connectivity index is 2.16. The van der Waals surface area contributed by atoms with Crippen molar-refractivity contribution in [2.75, 3.05) is 6.16 Å². The molecule has 4 heteroatoms. The molecule has 32 heavy (non-hydrogen) atoms. The minimum absolute atomic E-state index is 0.0690. The summed E-state index contributed by atoms with van der Waals surface area (Å²) in [6.45, 7) is 3.42. The van der Waals surface area contributed by atoms with Crippen molar-refractivity contribution < 1.29 is 23.3 Å². The summed E-state index contributed by atoms with van der Waals surface area (Å²) in [5, 5.41) is 3.38. The third-order valence-corrected chi connectivity index (χ3v) is 15.0. The standard InChI is InChI=1S/C28H32BrO2P/c1-23-14-13-21-28(2,3)27(23)22-32(31-29-30,24-15-7-4-8-16-24,25-17-9-5-10-18-25)26-19-11-6-12-20-26/h4-12,15-20H,13-14,21-22H2,1-3H3. The Bertz CT molecular complexity index is 979. The molecule has 0 atom stereocenters. The number of hydrogen-bond acceptors (Lipinski definition) is 2. The van der Waals surface area contributed by atoms with Crippen LogP contribution in [0.2, 0.25) is 0 Å². The van der Waals surface area contributed by atoms with E-state index in [1.807, 2.05) is 18.2 Å². The van der Waals surface area contributed by atoms with Crippen molar-refractivity contribution in [1.29, 1.82) is 0 Å². The van der Waals surface area contributed by atoms with E-state index in [2.05, 4.69) is 93.6 Å². The van der Waals surface area contributed by atoms with Crippen LogP contribution in [0.1, 0.15) is 40.0 Å². The first-order valence-electron chi connectivity index (χ1n) is 11.3. The van der Waals surface area contributed by atoms with Crippen LogP contribution in [0.4, 0.5) is 0 Å². The van der Waals surface area contributed by atoms with Crippen LogP contribution in [-0.2, 0) is 3.62 Å². The first-order valence-corrected chi connectivity index (χ1v) is 14.9. The summed E-state index contributed by atoms with van der Waals surface area (Å²) in [6.07, 6.45) is 4.23. The van der Waals surface area contributed by atoms with Crippen molar-refractivity contribution >= 4 is 22.7 Å². The molecule has 0 fully saturated rings. The number of allylic oxidation sites excluding steroid dienone is 2. The summed E-state index contributed by atoms with van der Waals surface area (Å²) in [4.78, 5) is 0. The van der Waals surface area contributed by atoms with Crippen LogP contribution in [-0.4, -0.2) is 6.16 Å². The molecular formula is C28H32BrO2P. The van der Waals surface area contributed by atoms with E-state index in [-0.39, 0.29) is 5.41 Å². The van der Waals surface area contributed by atoms with Gasteiger partial charge >= 0.3 is 200 Å². The molecule has 0 bridgehead atoms. The number of rotatable bonds is 7. The van der Waals surface area contributed by atoms with Crippen LogP contribution >= 0.6 is 6.83 Å². The van der Waals surface area contributed by atoms with E-state index < -0.39 is 22.4 Å². The van der Waals surface area contributed by atoms with Crippen molar-refractivity contribution in [3.8, 4) is 0 Å². The van der Waals surface area contributed by atoms with Crippen molar-refractivity contribution in [1.82, 2.24) is 0 Å². The molecule has 0 amide bonds. The second-order valence-electron chi connectivity index (χ2n) is 9.51. The normalized spacial score (nSPS) is 17.6. The molecule has 0 N–H and O–H groups in total. The van der Waals surface area contributed by atoms with Crippen LogP contribution in [0.3, 0.4) is 0 Å². The molecule has 0 heterocycles. The van der Waals surface area contributed by atoms with E-state index in [0.717, 1.165) is 34.9 Å². The molecule has 0 saturated heterocycles. The van der Waals surface area contributed by atoms with Crippen molar-refractivity contribution in [2.24, 2.45) is 5.41 Å². The van der Waals surface area contributed by atoms with E-state index in [1.54, 1.807) is 0 Å². The maximum atomic E-state index is 12.6. The molecule has 1 aliphatic carbocycles. The van der Waals surface area contributed by atoms with Gasteiger partial charge in [-0.2, -0.15) is 0 Å². The molecule has 0 aliphatic heterocycles. The second-order valence-corrected chi connectivity index (χ2v) is 15.1. The van der Waals surface area contributed by atoms with Crippen molar-refractivity contribution in [3.63, 3.8) is 0 Å². The fraction of sp³-hybridized carbons (Fsp3) is 0.286. The summed E-state index contributed by atoms with van der Waals surface area (Å²) in [5.41, 5.74) is 2.98. The van der Waals surface area contributed by atoms with Gasteiger partial charge in [-0.15, -0.1) is 0 Å². The summed E-state index contributed by atoms with van der Waals surface area (Å²) in [5.74, 6) is 0. The van der Waals surface area contributed by atoms with Gasteiger partial charge in [0.05, 0.1) is 0 Å². The zero-order chi connectivity index (χ0) is 22.7.